The van der Waals surface area contributed by atoms with Crippen LogP contribution in [0.5, 0.6) is 0 Å². The van der Waals surface area contributed by atoms with Crippen molar-refractivity contribution in [3.63, 3.8) is 0 Å². The number of ketones is 1. The lowest BCUT2D eigenvalue weighted by molar-refractivity contribution is -0.349. The van der Waals surface area contributed by atoms with Gasteiger partial charge in [0.15, 0.2) is 31.5 Å². The number of rotatable bonds is 8. The quantitative estimate of drug-likeness (QED) is 0.287. The van der Waals surface area contributed by atoms with Gasteiger partial charge in [-0.3, -0.25) is 9.59 Å². The Kier molecular flexibility index (Phi) is 9.00. The number of ether oxygens (including phenoxy) is 3. The summed E-state index contributed by atoms with van der Waals surface area (Å²) in [6.45, 7) is 12.3. The summed E-state index contributed by atoms with van der Waals surface area (Å²) in [4.78, 5) is 41.7. The average molecular weight is 679 g/mol. The van der Waals surface area contributed by atoms with E-state index in [0.717, 1.165) is 31.1 Å². The fourth-order valence-electron chi connectivity index (χ4n) is 8.99. The summed E-state index contributed by atoms with van der Waals surface area (Å²) < 4.78 is 58.9. The van der Waals surface area contributed by atoms with E-state index in [4.69, 9.17) is 18.6 Å². The van der Waals surface area contributed by atoms with Crippen molar-refractivity contribution < 1.29 is 52.0 Å². The van der Waals surface area contributed by atoms with Gasteiger partial charge in [-0.1, -0.05) is 52.8 Å². The summed E-state index contributed by atoms with van der Waals surface area (Å²) in [7, 11) is -2.50. The molecule has 2 bridgehead atoms. The Morgan fingerprint density at radius 3 is 2.17 bits per heavy atom. The molecular weight excluding hydrogens is 630 g/mol. The molecule has 1 aromatic rings. The first kappa shape index (κ1) is 35.8. The van der Waals surface area contributed by atoms with Crippen LogP contribution in [-0.2, 0) is 28.2 Å². The first-order valence-corrected chi connectivity index (χ1v) is 19.1. The highest BCUT2D eigenvalue weighted by atomic mass is 28.4. The Morgan fingerprint density at radius 1 is 1.06 bits per heavy atom. The molecule has 3 aliphatic carbocycles. The summed E-state index contributed by atoms with van der Waals surface area (Å²) in [5.41, 5.74) is -11.2. The van der Waals surface area contributed by atoms with Gasteiger partial charge in [0.25, 0.3) is 0 Å². The number of aliphatic hydroxyl groups is 2. The van der Waals surface area contributed by atoms with E-state index < -0.39 is 90.2 Å². The first-order valence-electron chi connectivity index (χ1n) is 16.6. The Balaban J connectivity index is 1.87. The molecule has 4 aliphatic rings. The minimum absolute atomic E-state index is 0.0720. The number of esters is 2. The molecule has 5 rings (SSSR count). The van der Waals surface area contributed by atoms with E-state index in [1.807, 2.05) is 20.8 Å². The van der Waals surface area contributed by atoms with Gasteiger partial charge in [-0.25, -0.2) is 13.6 Å². The fraction of sp³-hybridized carbons (Fsp3) is 0.686. The molecule has 9 nitrogen and oxygen atoms in total. The maximum atomic E-state index is 17.0. The van der Waals surface area contributed by atoms with Gasteiger partial charge in [0.05, 0.1) is 29.6 Å². The highest BCUT2D eigenvalue weighted by molar-refractivity contribution is 6.73. The van der Waals surface area contributed by atoms with Crippen molar-refractivity contribution in [3.8, 4) is 0 Å². The van der Waals surface area contributed by atoms with Crippen LogP contribution in [0.15, 0.2) is 42.0 Å². The molecular formula is C35H48F2O9Si. The number of fused-ring (bicyclic) bond motifs is 5. The topological polar surface area (TPSA) is 129 Å². The highest BCUT2D eigenvalue weighted by Crippen LogP contribution is 2.65. The molecule has 0 radical (unpaired) electrons. The van der Waals surface area contributed by atoms with E-state index in [9.17, 15) is 24.6 Å². The molecule has 1 aromatic carbocycles. The van der Waals surface area contributed by atoms with Crippen molar-refractivity contribution in [1.29, 1.82) is 0 Å². The minimum atomic E-state index is -2.83. The van der Waals surface area contributed by atoms with Crippen molar-refractivity contribution >= 4 is 26.0 Å². The Labute approximate surface area is 276 Å². The molecule has 260 valence electrons. The second kappa shape index (κ2) is 11.8. The molecule has 0 amide bonds. The monoisotopic (exact) mass is 678 g/mol. The van der Waals surface area contributed by atoms with Crippen LogP contribution in [0, 0.1) is 16.7 Å². The maximum Gasteiger partial charge on any atom is 0.338 e. The number of hydrogen-bond acceptors (Lipinski definition) is 9. The third-order valence-corrected chi connectivity index (χ3v) is 16.9. The van der Waals surface area contributed by atoms with Gasteiger partial charge in [-0.2, -0.15) is 0 Å². The number of alkyl halides is 2. The molecule has 1 aliphatic heterocycles. The summed E-state index contributed by atoms with van der Waals surface area (Å²) in [6, 6.07) is 10.0. The Bertz CT molecular complexity index is 1440. The lowest BCUT2D eigenvalue weighted by Crippen LogP contribution is -2.83. The molecule has 2 saturated carbocycles. The SMILES string of the molecule is CC[Si](CC)(CC)O[C@H]1C[C@H]2OC[C@@]2(OC(C)=O)[C@H]2[C@H](OC(=O)c3ccccc3)[C@]3(O)[C@@H](F)[C@@H](O)[C@@](C)(F)/C(=C/C(=O)[C@]12C)C3(C)C. The summed E-state index contributed by atoms with van der Waals surface area (Å²) in [6.07, 6.45) is -7.70. The molecule has 0 aromatic heterocycles. The molecule has 2 N–H and O–H groups in total. The molecule has 47 heavy (non-hydrogen) atoms. The summed E-state index contributed by atoms with van der Waals surface area (Å²) in [5.74, 6) is -3.74. The number of carbonyl (C=O) groups is 3. The zero-order valence-electron chi connectivity index (χ0n) is 28.5. The van der Waals surface area contributed by atoms with E-state index in [0.29, 0.717) is 0 Å². The summed E-state index contributed by atoms with van der Waals surface area (Å²) >= 11 is 0. The standard InChI is InChI=1S/C35H48F2O9Si/c1-9-47(10-2,11-3)46-24-18-25-34(19-43-25,45-20(4)38)26-29(44-30(41)21-15-13-12-14-16-21)35(42)27(36)28(40)33(8,37)22(31(35,5)6)17-23(39)32(24,26)7/h12-17,24-29,40,42H,9-11,18-19H2,1-8H3/b22-17+/t24-,25+,26-,27-,28+,29-,32+,33-,34-,35+/m0/s1. The normalized spacial score (nSPS) is 42.0. The van der Waals surface area contributed by atoms with E-state index in [-0.39, 0.29) is 24.2 Å². The Hall–Kier alpha value is -2.51. The molecule has 1 saturated heterocycles. The van der Waals surface area contributed by atoms with Crippen molar-refractivity contribution in [2.24, 2.45) is 16.7 Å². The van der Waals surface area contributed by atoms with Gasteiger partial charge in [-0.05, 0) is 55.8 Å². The first-order chi connectivity index (χ1) is 21.8. The van der Waals surface area contributed by atoms with Crippen LogP contribution in [0.1, 0.15) is 72.2 Å². The molecule has 12 heteroatoms. The second-order valence-electron chi connectivity index (χ2n) is 14.7. The zero-order valence-corrected chi connectivity index (χ0v) is 29.5. The van der Waals surface area contributed by atoms with Gasteiger partial charge >= 0.3 is 11.9 Å². The van der Waals surface area contributed by atoms with Gasteiger partial charge in [0.1, 0.15) is 23.9 Å². The predicted molar refractivity (Wildman–Crippen MR) is 170 cm³/mol. The molecule has 3 fully saturated rings. The third kappa shape index (κ3) is 4.91. The van der Waals surface area contributed by atoms with E-state index >= 15 is 8.78 Å². The summed E-state index contributed by atoms with van der Waals surface area (Å²) in [5, 5.41) is 24.0. The van der Waals surface area contributed by atoms with Crippen LogP contribution < -0.4 is 0 Å². The number of allylic oxidation sites excluding steroid dienone is 1. The number of hydrogen-bond donors (Lipinski definition) is 2. The molecule has 0 spiro atoms. The van der Waals surface area contributed by atoms with Crippen LogP contribution in [0.2, 0.25) is 18.1 Å². The maximum absolute atomic E-state index is 17.0. The van der Waals surface area contributed by atoms with Gasteiger partial charge in [-0.15, -0.1) is 0 Å². The minimum Gasteiger partial charge on any atom is -0.455 e. The molecule has 1 heterocycles. The van der Waals surface area contributed by atoms with E-state index in [1.54, 1.807) is 25.1 Å². The van der Waals surface area contributed by atoms with Crippen LogP contribution in [-0.4, -0.2) is 90.3 Å². The van der Waals surface area contributed by atoms with Crippen LogP contribution in [0.3, 0.4) is 0 Å². The van der Waals surface area contributed by atoms with Gasteiger partial charge < -0.3 is 28.8 Å². The smallest absolute Gasteiger partial charge is 0.338 e. The number of benzene rings is 1. The zero-order chi connectivity index (χ0) is 35.0. The van der Waals surface area contributed by atoms with Gasteiger partial charge in [0.2, 0.25) is 0 Å². The lowest BCUT2D eigenvalue weighted by Gasteiger charge is -2.68. The predicted octanol–water partition coefficient (Wildman–Crippen LogP) is 5.04. The number of carbonyl (C=O) groups excluding carboxylic acids is 3. The average Bonchev–Trinajstić information content (AvgIpc) is 3.03. The largest absolute Gasteiger partial charge is 0.455 e. The lowest BCUT2D eigenvalue weighted by atomic mass is 9.44. The third-order valence-electron chi connectivity index (χ3n) is 12.2. The van der Waals surface area contributed by atoms with Gasteiger partial charge in [0, 0.05) is 18.8 Å². The number of aliphatic hydroxyl groups excluding tert-OH is 1. The van der Waals surface area contributed by atoms with Crippen molar-refractivity contribution in [1.82, 2.24) is 0 Å². The van der Waals surface area contributed by atoms with E-state index in [2.05, 4.69) is 0 Å². The molecule has 0 unspecified atom stereocenters. The van der Waals surface area contributed by atoms with Crippen molar-refractivity contribution in [3.05, 3.63) is 47.5 Å². The molecule has 10 atom stereocenters. The van der Waals surface area contributed by atoms with Crippen molar-refractivity contribution in [2.45, 2.75) is 127 Å². The van der Waals surface area contributed by atoms with Crippen LogP contribution in [0.25, 0.3) is 0 Å². The fourth-order valence-corrected chi connectivity index (χ4v) is 11.9. The second-order valence-corrected chi connectivity index (χ2v) is 19.4. The number of halogens is 2. The highest BCUT2D eigenvalue weighted by Gasteiger charge is 2.80. The van der Waals surface area contributed by atoms with Crippen molar-refractivity contribution in [2.75, 3.05) is 6.61 Å². The van der Waals surface area contributed by atoms with E-state index in [1.165, 1.54) is 32.9 Å². The van der Waals surface area contributed by atoms with Crippen LogP contribution >= 0.6 is 0 Å². The Morgan fingerprint density at radius 2 is 1.66 bits per heavy atom. The van der Waals surface area contributed by atoms with Crippen LogP contribution in [0.4, 0.5) is 8.78 Å².